The number of imide groups is 1. The summed E-state index contributed by atoms with van der Waals surface area (Å²) < 4.78 is 14.3. The van der Waals surface area contributed by atoms with E-state index in [1.54, 1.807) is 23.6 Å². The normalized spacial score (nSPS) is 21.4. The Morgan fingerprint density at radius 1 is 0.893 bits per heavy atom. The average Bonchev–Trinajstić information content (AvgIpc) is 3.94. The minimum atomic E-state index is -2.93. The first-order valence-corrected chi connectivity index (χ1v) is 22.3. The van der Waals surface area contributed by atoms with Gasteiger partial charge in [0.05, 0.1) is 43.4 Å². The van der Waals surface area contributed by atoms with Gasteiger partial charge in [-0.3, -0.25) is 19.5 Å². The standard InChI is InChI=1S/C47H48N2O5SSi/c1-47(2,3)56(36-17-6-4-7-18-36,37-19-8-5-9-20-37)54-30-34-28-38-44(46(52)49(45(38)51)29-35-16-14-26-55-35)39-31-53-42(43(34)39)24-23-32(40-21-12-13-25-48-40)27-33-15-10-11-22-41(33)50/h4-22,25-27,38-39,42,44,50H,23-24,28-31H2,1-3H3/b32-27-/t38-,39+,42-,44-/m1/s1. The predicted molar refractivity (Wildman–Crippen MR) is 225 cm³/mol. The van der Waals surface area contributed by atoms with E-state index in [4.69, 9.17) is 9.16 Å². The fourth-order valence-corrected chi connectivity index (χ4v) is 14.5. The Morgan fingerprint density at radius 2 is 1.59 bits per heavy atom. The summed E-state index contributed by atoms with van der Waals surface area (Å²) in [6.07, 6.45) is 5.24. The van der Waals surface area contributed by atoms with Gasteiger partial charge >= 0.3 is 0 Å². The van der Waals surface area contributed by atoms with Crippen molar-refractivity contribution in [3.63, 3.8) is 0 Å². The number of aromatic hydroxyl groups is 1. The smallest absolute Gasteiger partial charge is 0.261 e. The van der Waals surface area contributed by atoms with E-state index in [1.165, 1.54) is 15.3 Å². The molecule has 2 amide bonds. The van der Waals surface area contributed by atoms with Crippen LogP contribution in [-0.4, -0.2) is 54.4 Å². The van der Waals surface area contributed by atoms with Gasteiger partial charge in [-0.2, -0.15) is 0 Å². The molecule has 7 nitrogen and oxygen atoms in total. The highest BCUT2D eigenvalue weighted by atomic mass is 32.1. The molecule has 2 saturated heterocycles. The van der Waals surface area contributed by atoms with E-state index in [9.17, 15) is 14.7 Å². The van der Waals surface area contributed by atoms with Crippen molar-refractivity contribution in [3.8, 4) is 5.75 Å². The van der Waals surface area contributed by atoms with Gasteiger partial charge in [0.15, 0.2) is 0 Å². The summed E-state index contributed by atoms with van der Waals surface area (Å²) in [5, 5.41) is 14.8. The number of allylic oxidation sites excluding steroid dienone is 1. The number of pyridine rings is 1. The minimum absolute atomic E-state index is 0.0955. The maximum Gasteiger partial charge on any atom is 0.261 e. The molecule has 0 bridgehead atoms. The summed E-state index contributed by atoms with van der Waals surface area (Å²) in [6, 6.07) is 38.3. The highest BCUT2D eigenvalue weighted by Gasteiger charge is 2.58. The summed E-state index contributed by atoms with van der Waals surface area (Å²) >= 11 is 1.56. The summed E-state index contributed by atoms with van der Waals surface area (Å²) in [5.41, 5.74) is 4.73. The lowest BCUT2D eigenvalue weighted by molar-refractivity contribution is -0.140. The van der Waals surface area contributed by atoms with Crippen LogP contribution in [0.2, 0.25) is 5.04 Å². The molecule has 1 aliphatic carbocycles. The Balaban J connectivity index is 1.18. The fraction of sp³-hybridized carbons (Fsp3) is 0.298. The van der Waals surface area contributed by atoms with Crippen molar-refractivity contribution < 1.29 is 23.9 Å². The Bertz CT molecular complexity index is 2200. The third-order valence-electron chi connectivity index (χ3n) is 11.8. The largest absolute Gasteiger partial charge is 0.507 e. The first-order valence-electron chi connectivity index (χ1n) is 19.5. The Morgan fingerprint density at radius 3 is 2.23 bits per heavy atom. The molecule has 9 heteroatoms. The maximum absolute atomic E-state index is 14.3. The molecule has 5 aromatic rings. The van der Waals surface area contributed by atoms with E-state index >= 15 is 0 Å². The summed E-state index contributed by atoms with van der Waals surface area (Å²) in [7, 11) is -2.93. The lowest BCUT2D eigenvalue weighted by Gasteiger charge is -2.44. The van der Waals surface area contributed by atoms with Crippen LogP contribution in [0.15, 0.2) is 138 Å². The number of nitrogens with zero attached hydrogens (tertiary/aromatic N) is 2. The minimum Gasteiger partial charge on any atom is -0.507 e. The van der Waals surface area contributed by atoms with Crippen LogP contribution in [0.1, 0.15) is 56.2 Å². The molecule has 286 valence electrons. The van der Waals surface area contributed by atoms with Gasteiger partial charge in [0, 0.05) is 22.6 Å². The zero-order chi connectivity index (χ0) is 38.9. The molecule has 3 aromatic carbocycles. The lowest BCUT2D eigenvalue weighted by atomic mass is 9.69. The van der Waals surface area contributed by atoms with E-state index < -0.39 is 20.2 Å². The molecule has 2 aliphatic heterocycles. The van der Waals surface area contributed by atoms with Crippen molar-refractivity contribution in [1.82, 2.24) is 9.88 Å². The second-order valence-corrected chi connectivity index (χ2v) is 21.4. The zero-order valence-corrected chi connectivity index (χ0v) is 34.0. The van der Waals surface area contributed by atoms with Gasteiger partial charge in [0.25, 0.3) is 8.32 Å². The summed E-state index contributed by atoms with van der Waals surface area (Å²) in [4.78, 5) is 35.7. The van der Waals surface area contributed by atoms with Crippen LogP contribution >= 0.6 is 11.3 Å². The van der Waals surface area contributed by atoms with Crippen LogP contribution in [0.4, 0.5) is 0 Å². The second-order valence-electron chi connectivity index (χ2n) is 16.1. The second kappa shape index (κ2) is 15.9. The van der Waals surface area contributed by atoms with Crippen LogP contribution in [-0.2, 0) is 25.3 Å². The lowest BCUT2D eigenvalue weighted by Crippen LogP contribution is -2.66. The number of benzene rings is 3. The van der Waals surface area contributed by atoms with Gasteiger partial charge in [0.2, 0.25) is 11.8 Å². The van der Waals surface area contributed by atoms with Crippen molar-refractivity contribution in [2.45, 2.75) is 57.7 Å². The van der Waals surface area contributed by atoms with Crippen LogP contribution in [0.5, 0.6) is 5.75 Å². The van der Waals surface area contributed by atoms with Crippen molar-refractivity contribution in [2.24, 2.45) is 17.8 Å². The average molecular weight is 781 g/mol. The van der Waals surface area contributed by atoms with Gasteiger partial charge in [-0.1, -0.05) is 112 Å². The van der Waals surface area contributed by atoms with Gasteiger partial charge in [-0.25, -0.2) is 0 Å². The molecule has 0 radical (unpaired) electrons. The van der Waals surface area contributed by atoms with Crippen LogP contribution < -0.4 is 10.4 Å². The number of fused-ring (bicyclic) bond motifs is 3. The number of amides is 2. The molecular formula is C47H48N2O5SSi. The molecular weight excluding hydrogens is 733 g/mol. The van der Waals surface area contributed by atoms with Crippen molar-refractivity contribution in [3.05, 3.63) is 154 Å². The molecule has 0 spiro atoms. The third-order valence-corrected chi connectivity index (χ3v) is 17.7. The van der Waals surface area contributed by atoms with Gasteiger partial charge < -0.3 is 14.3 Å². The number of phenols is 1. The number of hydrogen-bond acceptors (Lipinski definition) is 7. The molecule has 2 aromatic heterocycles. The number of aromatic nitrogens is 1. The number of hydrogen-bond donors (Lipinski definition) is 1. The molecule has 2 fully saturated rings. The summed E-state index contributed by atoms with van der Waals surface area (Å²) in [6.45, 7) is 7.84. The van der Waals surface area contributed by atoms with Crippen molar-refractivity contribution >= 4 is 53.5 Å². The Hall–Kier alpha value is -4.93. The van der Waals surface area contributed by atoms with E-state index in [2.05, 4.69) is 74.3 Å². The number of ether oxygens (including phenoxy) is 1. The molecule has 4 atom stereocenters. The quantitative estimate of drug-likeness (QED) is 0.0780. The predicted octanol–water partition coefficient (Wildman–Crippen LogP) is 8.26. The van der Waals surface area contributed by atoms with E-state index in [-0.39, 0.29) is 34.6 Å². The van der Waals surface area contributed by atoms with E-state index in [0.717, 1.165) is 32.9 Å². The number of carbonyl (C=O) groups is 2. The first-order chi connectivity index (χ1) is 27.2. The van der Waals surface area contributed by atoms with Gasteiger partial charge in [0.1, 0.15) is 5.75 Å². The number of likely N-dealkylation sites (tertiary alicyclic amines) is 1. The van der Waals surface area contributed by atoms with Gasteiger partial charge in [-0.05, 0) is 87.1 Å². The van der Waals surface area contributed by atoms with Crippen LogP contribution in [0.3, 0.4) is 0 Å². The number of phenolic OH excluding ortho intramolecular Hbond substituents is 1. The van der Waals surface area contributed by atoms with Gasteiger partial charge in [-0.15, -0.1) is 11.3 Å². The fourth-order valence-electron chi connectivity index (χ4n) is 9.25. The molecule has 1 N–H and O–H groups in total. The highest BCUT2D eigenvalue weighted by Crippen LogP contribution is 2.51. The molecule has 3 aliphatic rings. The third kappa shape index (κ3) is 7.13. The van der Waals surface area contributed by atoms with Crippen molar-refractivity contribution in [1.29, 1.82) is 0 Å². The highest BCUT2D eigenvalue weighted by molar-refractivity contribution is 7.09. The SMILES string of the molecule is CC(C)(C)[Si](OCC1=C2[C@@H](CC/C(=C/c3ccccc3O)c3ccccn3)OC[C@@H]2[C@@H]2C(=O)N(Cc3cccs3)C(=O)[C@@H]2C1)(c1ccccc1)c1ccccc1. The number of carbonyl (C=O) groups excluding carboxylic acids is 2. The van der Waals surface area contributed by atoms with Crippen LogP contribution in [0.25, 0.3) is 11.6 Å². The molecule has 4 heterocycles. The topological polar surface area (TPSA) is 89.0 Å². The molecule has 0 unspecified atom stereocenters. The maximum atomic E-state index is 14.3. The number of para-hydroxylation sites is 1. The monoisotopic (exact) mass is 780 g/mol. The molecule has 0 saturated carbocycles. The molecule has 8 rings (SSSR count). The van der Waals surface area contributed by atoms with E-state index in [0.29, 0.717) is 39.0 Å². The first kappa shape index (κ1) is 38.0. The number of thiophene rings is 1. The molecule has 56 heavy (non-hydrogen) atoms. The summed E-state index contributed by atoms with van der Waals surface area (Å²) in [5.74, 6) is -1.13. The Kier molecular flexibility index (Phi) is 10.8. The van der Waals surface area contributed by atoms with Crippen molar-refractivity contribution in [2.75, 3.05) is 13.2 Å². The number of rotatable bonds is 12. The Labute approximate surface area is 334 Å². The zero-order valence-electron chi connectivity index (χ0n) is 32.1. The van der Waals surface area contributed by atoms with Crippen LogP contribution in [0, 0.1) is 17.8 Å². The van der Waals surface area contributed by atoms with E-state index in [1.807, 2.05) is 72.1 Å².